The largest absolute Gasteiger partial charge is 0.481 e. The van der Waals surface area contributed by atoms with E-state index in [1.165, 1.54) is 6.92 Å². The minimum atomic E-state index is -0.833. The van der Waals surface area contributed by atoms with Gasteiger partial charge >= 0.3 is 0 Å². The minimum absolute atomic E-state index is 0.139. The van der Waals surface area contributed by atoms with E-state index in [1.54, 1.807) is 0 Å². The third kappa shape index (κ3) is 426. The van der Waals surface area contributed by atoms with Crippen LogP contribution in [0.4, 0.5) is 0 Å². The van der Waals surface area contributed by atoms with E-state index in [2.05, 4.69) is 12.6 Å². The predicted molar refractivity (Wildman–Crippen MR) is 33.0 cm³/mol. The van der Waals surface area contributed by atoms with Crippen LogP contribution in [-0.4, -0.2) is 16.2 Å². The molecule has 0 aliphatic rings. The normalized spacial score (nSPS) is 6.38. The average molecular weight is 136 g/mol. The number of carboxylic acids is 1. The predicted octanol–water partition coefficient (Wildman–Crippen LogP) is 0.554. The van der Waals surface area contributed by atoms with Crippen molar-refractivity contribution in [2.75, 3.05) is 0 Å². The minimum Gasteiger partial charge on any atom is -0.481 e. The molecule has 0 rings (SSSR count). The van der Waals surface area contributed by atoms with E-state index < -0.39 is 5.97 Å². The van der Waals surface area contributed by atoms with Crippen molar-refractivity contribution in [2.24, 2.45) is 0 Å². The summed E-state index contributed by atoms with van der Waals surface area (Å²) >= 11 is 3.33. The van der Waals surface area contributed by atoms with Gasteiger partial charge in [-0.3, -0.25) is 9.59 Å². The Balaban J connectivity index is 0. The summed E-state index contributed by atoms with van der Waals surface area (Å²) in [6, 6.07) is 0. The van der Waals surface area contributed by atoms with Gasteiger partial charge in [-0.2, -0.15) is 0 Å². The Kier molecular flexibility index (Phi) is 8.49. The molecule has 0 aromatic rings. The van der Waals surface area contributed by atoms with Crippen LogP contribution in [0.1, 0.15) is 13.8 Å². The molecule has 0 aliphatic carbocycles. The number of carboxylic acid groups (broad SMARTS) is 1. The maximum absolute atomic E-state index is 9.31. The Hall–Kier alpha value is -0.510. The first-order valence-electron chi connectivity index (χ1n) is 1.86. The molecule has 1 N–H and O–H groups in total. The fourth-order valence-electron chi connectivity index (χ4n) is 0. The Morgan fingerprint density at radius 1 is 1.38 bits per heavy atom. The third-order valence-corrected chi connectivity index (χ3v) is 0. The van der Waals surface area contributed by atoms with Gasteiger partial charge in [0.05, 0.1) is 0 Å². The number of carbonyl (C=O) groups is 2. The number of thiol groups is 1. The fraction of sp³-hybridized carbons (Fsp3) is 0.500. The molecule has 0 bridgehead atoms. The molecule has 0 atom stereocenters. The van der Waals surface area contributed by atoms with Crippen molar-refractivity contribution >= 4 is 23.7 Å². The van der Waals surface area contributed by atoms with Gasteiger partial charge in [0.25, 0.3) is 5.97 Å². The smallest absolute Gasteiger partial charge is 0.300 e. The number of carbonyl (C=O) groups excluding carboxylic acids is 1. The summed E-state index contributed by atoms with van der Waals surface area (Å²) in [7, 11) is 0. The zero-order chi connectivity index (χ0) is 7.15. The second kappa shape index (κ2) is 6.49. The standard InChI is InChI=1S/C2H4O2.C2H4OS/c2*1-2(3)4/h2*1H3,(H,3,4). The summed E-state index contributed by atoms with van der Waals surface area (Å²) in [4.78, 5) is 18.3. The number of aliphatic carboxylic acids is 1. The zero-order valence-corrected chi connectivity index (χ0v) is 5.61. The van der Waals surface area contributed by atoms with Crippen molar-refractivity contribution in [1.82, 2.24) is 0 Å². The Morgan fingerprint density at radius 2 is 1.38 bits per heavy atom. The molecule has 0 spiro atoms. The molecule has 0 saturated heterocycles. The monoisotopic (exact) mass is 136 g/mol. The maximum atomic E-state index is 9.31. The van der Waals surface area contributed by atoms with Crippen LogP contribution in [0.5, 0.6) is 0 Å². The highest BCUT2D eigenvalue weighted by atomic mass is 32.1. The first-order chi connectivity index (χ1) is 3.46. The van der Waals surface area contributed by atoms with Crippen LogP contribution in [0, 0.1) is 0 Å². The van der Waals surface area contributed by atoms with Crippen molar-refractivity contribution in [2.45, 2.75) is 13.8 Å². The lowest BCUT2D eigenvalue weighted by atomic mass is 10.9. The van der Waals surface area contributed by atoms with Gasteiger partial charge in [-0.05, 0) is 0 Å². The van der Waals surface area contributed by atoms with Crippen LogP contribution in [0.2, 0.25) is 0 Å². The summed E-state index contributed by atoms with van der Waals surface area (Å²) in [5.74, 6) is -0.833. The molecular formula is C4H8O3S. The summed E-state index contributed by atoms with van der Waals surface area (Å²) in [6.45, 7) is 2.48. The average Bonchev–Trinajstić information content (AvgIpc) is 1.25. The van der Waals surface area contributed by atoms with Gasteiger partial charge in [-0.1, -0.05) is 0 Å². The van der Waals surface area contributed by atoms with Crippen LogP contribution in [0.15, 0.2) is 0 Å². The molecule has 0 saturated carbocycles. The van der Waals surface area contributed by atoms with Crippen LogP contribution < -0.4 is 0 Å². The number of rotatable bonds is 0. The number of hydrogen-bond donors (Lipinski definition) is 2. The molecule has 0 amide bonds. The van der Waals surface area contributed by atoms with E-state index in [4.69, 9.17) is 9.90 Å². The fourth-order valence-corrected chi connectivity index (χ4v) is 0. The van der Waals surface area contributed by atoms with E-state index in [-0.39, 0.29) is 5.12 Å². The first-order valence-corrected chi connectivity index (χ1v) is 2.30. The summed E-state index contributed by atoms with van der Waals surface area (Å²) in [6.07, 6.45) is 0. The van der Waals surface area contributed by atoms with Crippen molar-refractivity contribution in [3.8, 4) is 0 Å². The second-order valence-electron chi connectivity index (χ2n) is 1.04. The van der Waals surface area contributed by atoms with Gasteiger partial charge in [0.2, 0.25) is 0 Å². The zero-order valence-electron chi connectivity index (χ0n) is 4.71. The van der Waals surface area contributed by atoms with Gasteiger partial charge in [0, 0.05) is 13.8 Å². The van der Waals surface area contributed by atoms with Gasteiger partial charge in [-0.25, -0.2) is 0 Å². The molecule has 0 heterocycles. The Bertz CT molecular complexity index is 69.3. The third-order valence-electron chi connectivity index (χ3n) is 0. The Morgan fingerprint density at radius 3 is 1.38 bits per heavy atom. The van der Waals surface area contributed by atoms with Crippen molar-refractivity contribution in [3.63, 3.8) is 0 Å². The first kappa shape index (κ1) is 10.5. The molecule has 0 aromatic heterocycles. The van der Waals surface area contributed by atoms with Crippen LogP contribution in [-0.2, 0) is 9.59 Å². The summed E-state index contributed by atoms with van der Waals surface area (Å²) < 4.78 is 0. The molecule has 48 valence electrons. The lowest BCUT2D eigenvalue weighted by Crippen LogP contribution is -1.78. The topological polar surface area (TPSA) is 54.4 Å². The van der Waals surface area contributed by atoms with Crippen molar-refractivity contribution in [1.29, 1.82) is 0 Å². The lowest BCUT2D eigenvalue weighted by Gasteiger charge is -1.59. The van der Waals surface area contributed by atoms with Crippen LogP contribution in [0.3, 0.4) is 0 Å². The summed E-state index contributed by atoms with van der Waals surface area (Å²) in [5, 5.41) is 7.28. The molecule has 0 unspecified atom stereocenters. The van der Waals surface area contributed by atoms with E-state index in [0.29, 0.717) is 0 Å². The quantitative estimate of drug-likeness (QED) is 0.478. The van der Waals surface area contributed by atoms with Gasteiger partial charge < -0.3 is 5.11 Å². The highest BCUT2D eigenvalue weighted by Crippen LogP contribution is 1.66. The van der Waals surface area contributed by atoms with Crippen LogP contribution in [0.25, 0.3) is 0 Å². The molecular weight excluding hydrogens is 128 g/mol. The van der Waals surface area contributed by atoms with E-state index in [0.717, 1.165) is 6.92 Å². The van der Waals surface area contributed by atoms with Gasteiger partial charge in [-0.15, -0.1) is 12.6 Å². The molecule has 0 aromatic carbocycles. The molecule has 0 aliphatic heterocycles. The molecule has 0 radical (unpaired) electrons. The van der Waals surface area contributed by atoms with E-state index >= 15 is 0 Å². The molecule has 4 heteroatoms. The molecule has 3 nitrogen and oxygen atoms in total. The van der Waals surface area contributed by atoms with E-state index in [9.17, 15) is 4.79 Å². The highest BCUT2D eigenvalue weighted by molar-refractivity contribution is 7.96. The lowest BCUT2D eigenvalue weighted by molar-refractivity contribution is -0.134. The van der Waals surface area contributed by atoms with E-state index in [1.807, 2.05) is 0 Å². The van der Waals surface area contributed by atoms with Gasteiger partial charge in [0.15, 0.2) is 5.12 Å². The van der Waals surface area contributed by atoms with Crippen LogP contribution >= 0.6 is 12.6 Å². The molecule has 8 heavy (non-hydrogen) atoms. The molecule has 0 fully saturated rings. The summed E-state index contributed by atoms with van der Waals surface area (Å²) in [5.41, 5.74) is 0. The maximum Gasteiger partial charge on any atom is 0.300 e. The number of hydrogen-bond acceptors (Lipinski definition) is 2. The SMILES string of the molecule is CC(=O)O.CC(=O)S. The van der Waals surface area contributed by atoms with Crippen molar-refractivity contribution < 1.29 is 14.7 Å². The highest BCUT2D eigenvalue weighted by Gasteiger charge is 1.65. The van der Waals surface area contributed by atoms with Gasteiger partial charge in [0.1, 0.15) is 0 Å². The Labute approximate surface area is 53.1 Å². The second-order valence-corrected chi connectivity index (χ2v) is 1.67. The van der Waals surface area contributed by atoms with Crippen molar-refractivity contribution in [3.05, 3.63) is 0 Å².